The summed E-state index contributed by atoms with van der Waals surface area (Å²) in [5.41, 5.74) is 0.568. The Labute approximate surface area is 148 Å². The van der Waals surface area contributed by atoms with Gasteiger partial charge in [0.2, 0.25) is 0 Å². The van der Waals surface area contributed by atoms with Gasteiger partial charge in [-0.2, -0.15) is 0 Å². The quantitative estimate of drug-likeness (QED) is 0.679. The first kappa shape index (κ1) is 18.9. The Morgan fingerprint density at radius 1 is 1.04 bits per heavy atom. The van der Waals surface area contributed by atoms with Gasteiger partial charge in [-0.1, -0.05) is 51.1 Å². The van der Waals surface area contributed by atoms with Gasteiger partial charge in [-0.25, -0.2) is 4.79 Å². The molecule has 0 amide bonds. The van der Waals surface area contributed by atoms with Crippen molar-refractivity contribution in [2.75, 3.05) is 0 Å². The molecule has 134 valence electrons. The standard InChI is InChI=1S/C19H24O5Si/c1-19(2,3)25(4,5)24-17-15(12-9-7-6-8-10-12)13(20)11-14(21)16(17)18(22)23/h6-11,20-21H,1-5H3,(H,22,23). The lowest BCUT2D eigenvalue weighted by atomic mass is 9.99. The Kier molecular flexibility index (Phi) is 4.86. The highest BCUT2D eigenvalue weighted by atomic mass is 28.4. The maximum Gasteiger partial charge on any atom is 0.343 e. The molecule has 2 aromatic rings. The van der Waals surface area contributed by atoms with Gasteiger partial charge in [0.15, 0.2) is 0 Å². The van der Waals surface area contributed by atoms with Crippen molar-refractivity contribution in [1.82, 2.24) is 0 Å². The van der Waals surface area contributed by atoms with Crippen LogP contribution in [0, 0.1) is 0 Å². The SMILES string of the molecule is CC(C)(C)[Si](C)(C)Oc1c(C(=O)O)c(O)cc(O)c1-c1ccccc1. The van der Waals surface area contributed by atoms with Crippen molar-refractivity contribution in [3.8, 4) is 28.4 Å². The number of carbonyl (C=O) groups is 1. The third kappa shape index (κ3) is 3.63. The van der Waals surface area contributed by atoms with Crippen LogP contribution in [0.1, 0.15) is 31.1 Å². The second-order valence-corrected chi connectivity index (χ2v) is 12.3. The van der Waals surface area contributed by atoms with Gasteiger partial charge in [0, 0.05) is 6.07 Å². The van der Waals surface area contributed by atoms with E-state index in [0.29, 0.717) is 5.56 Å². The molecule has 0 atom stereocenters. The molecular formula is C19H24O5Si. The summed E-state index contributed by atoms with van der Waals surface area (Å²) >= 11 is 0. The van der Waals surface area contributed by atoms with Gasteiger partial charge in [0.25, 0.3) is 8.32 Å². The molecule has 5 nitrogen and oxygen atoms in total. The van der Waals surface area contributed by atoms with Gasteiger partial charge in [0.1, 0.15) is 22.8 Å². The van der Waals surface area contributed by atoms with Crippen molar-refractivity contribution in [3.05, 3.63) is 42.0 Å². The van der Waals surface area contributed by atoms with Crippen LogP contribution in [0.15, 0.2) is 36.4 Å². The molecule has 0 radical (unpaired) electrons. The largest absolute Gasteiger partial charge is 0.542 e. The third-order valence-electron chi connectivity index (χ3n) is 4.68. The van der Waals surface area contributed by atoms with Crippen molar-refractivity contribution >= 4 is 14.3 Å². The number of rotatable bonds is 4. The number of carboxylic acid groups (broad SMARTS) is 1. The molecule has 25 heavy (non-hydrogen) atoms. The topological polar surface area (TPSA) is 87.0 Å². The molecule has 2 aromatic carbocycles. The normalized spacial score (nSPS) is 12.0. The number of phenolic OH excluding ortho intramolecular Hbond substituents is 1. The molecule has 0 spiro atoms. The number of hydrogen-bond donors (Lipinski definition) is 3. The summed E-state index contributed by atoms with van der Waals surface area (Å²) in [7, 11) is -2.42. The second-order valence-electron chi connectivity index (χ2n) is 7.53. The van der Waals surface area contributed by atoms with Crippen molar-refractivity contribution in [3.63, 3.8) is 0 Å². The van der Waals surface area contributed by atoms with E-state index in [4.69, 9.17) is 4.43 Å². The van der Waals surface area contributed by atoms with E-state index in [2.05, 4.69) is 0 Å². The second kappa shape index (κ2) is 6.44. The third-order valence-corrected chi connectivity index (χ3v) is 9.01. The first-order valence-corrected chi connectivity index (χ1v) is 10.9. The lowest BCUT2D eigenvalue weighted by Gasteiger charge is -2.37. The van der Waals surface area contributed by atoms with Crippen LogP contribution >= 0.6 is 0 Å². The van der Waals surface area contributed by atoms with Gasteiger partial charge >= 0.3 is 5.97 Å². The number of benzene rings is 2. The fourth-order valence-corrected chi connectivity index (χ4v) is 3.25. The van der Waals surface area contributed by atoms with Gasteiger partial charge in [-0.15, -0.1) is 0 Å². The van der Waals surface area contributed by atoms with Crippen LogP contribution in [0.3, 0.4) is 0 Å². The van der Waals surface area contributed by atoms with E-state index in [1.54, 1.807) is 24.3 Å². The number of aromatic hydroxyl groups is 2. The highest BCUT2D eigenvalue weighted by molar-refractivity contribution is 6.74. The van der Waals surface area contributed by atoms with Crippen LogP contribution in [0.25, 0.3) is 11.1 Å². The average Bonchev–Trinajstić information content (AvgIpc) is 2.45. The summed E-state index contributed by atoms with van der Waals surface area (Å²) in [5.74, 6) is -2.02. The van der Waals surface area contributed by atoms with E-state index in [9.17, 15) is 20.1 Å². The zero-order valence-electron chi connectivity index (χ0n) is 15.1. The maximum atomic E-state index is 11.8. The molecule has 0 heterocycles. The summed E-state index contributed by atoms with van der Waals surface area (Å²) in [6.45, 7) is 10.1. The predicted molar refractivity (Wildman–Crippen MR) is 100.0 cm³/mol. The van der Waals surface area contributed by atoms with Crippen LogP contribution in [0.4, 0.5) is 0 Å². The van der Waals surface area contributed by atoms with E-state index in [0.717, 1.165) is 6.07 Å². The predicted octanol–water partition coefficient (Wildman–Crippen LogP) is 4.85. The number of carboxylic acids is 1. The number of hydrogen-bond acceptors (Lipinski definition) is 4. The zero-order chi connectivity index (χ0) is 19.0. The summed E-state index contributed by atoms with van der Waals surface area (Å²) in [5, 5.41) is 29.9. The zero-order valence-corrected chi connectivity index (χ0v) is 16.1. The fraction of sp³-hybridized carbons (Fsp3) is 0.316. The molecule has 0 aromatic heterocycles. The van der Waals surface area contributed by atoms with Crippen LogP contribution < -0.4 is 4.43 Å². The van der Waals surface area contributed by atoms with Gasteiger partial charge in [0.05, 0.1) is 5.56 Å². The molecule has 3 N–H and O–H groups in total. The van der Waals surface area contributed by atoms with Gasteiger partial charge < -0.3 is 19.7 Å². The average molecular weight is 360 g/mol. The van der Waals surface area contributed by atoms with Crippen molar-refractivity contribution < 1.29 is 24.5 Å². The minimum atomic E-state index is -2.42. The van der Waals surface area contributed by atoms with Crippen molar-refractivity contribution in [1.29, 1.82) is 0 Å². The molecular weight excluding hydrogens is 336 g/mol. The highest BCUT2D eigenvalue weighted by Crippen LogP contribution is 2.48. The molecule has 0 aliphatic heterocycles. The molecule has 0 aliphatic rings. The summed E-state index contributed by atoms with van der Waals surface area (Å²) in [6, 6.07) is 9.97. The Bertz CT molecular complexity index is 792. The smallest absolute Gasteiger partial charge is 0.343 e. The molecule has 0 fully saturated rings. The van der Waals surface area contributed by atoms with E-state index in [1.807, 2.05) is 39.9 Å². The molecule has 6 heteroatoms. The van der Waals surface area contributed by atoms with Gasteiger partial charge in [-0.3, -0.25) is 0 Å². The van der Waals surface area contributed by atoms with Crippen LogP contribution in [-0.4, -0.2) is 29.6 Å². The Hall–Kier alpha value is -2.47. The van der Waals surface area contributed by atoms with E-state index in [-0.39, 0.29) is 27.7 Å². The molecule has 2 rings (SSSR count). The minimum Gasteiger partial charge on any atom is -0.542 e. The van der Waals surface area contributed by atoms with Crippen molar-refractivity contribution in [2.45, 2.75) is 38.9 Å². The lowest BCUT2D eigenvalue weighted by Crippen LogP contribution is -2.44. The van der Waals surface area contributed by atoms with E-state index in [1.165, 1.54) is 0 Å². The lowest BCUT2D eigenvalue weighted by molar-refractivity contribution is 0.0691. The summed E-state index contributed by atoms with van der Waals surface area (Å²) in [6.07, 6.45) is 0. The van der Waals surface area contributed by atoms with Crippen LogP contribution in [0.5, 0.6) is 17.2 Å². The van der Waals surface area contributed by atoms with Gasteiger partial charge in [-0.05, 0) is 23.7 Å². The molecule has 0 saturated carbocycles. The Morgan fingerprint density at radius 3 is 2.08 bits per heavy atom. The maximum absolute atomic E-state index is 11.8. The highest BCUT2D eigenvalue weighted by Gasteiger charge is 2.41. The van der Waals surface area contributed by atoms with E-state index < -0.39 is 20.0 Å². The summed E-state index contributed by atoms with van der Waals surface area (Å²) in [4.78, 5) is 11.8. The van der Waals surface area contributed by atoms with E-state index >= 15 is 0 Å². The minimum absolute atomic E-state index is 0.0165. The molecule has 0 saturated heterocycles. The van der Waals surface area contributed by atoms with Crippen molar-refractivity contribution in [2.24, 2.45) is 0 Å². The molecule has 0 unspecified atom stereocenters. The summed E-state index contributed by atoms with van der Waals surface area (Å²) < 4.78 is 6.24. The number of aromatic carboxylic acids is 1. The molecule has 0 aliphatic carbocycles. The first-order chi connectivity index (χ1) is 11.5. The first-order valence-electron chi connectivity index (χ1n) is 8.02. The Balaban J connectivity index is 2.80. The number of phenols is 2. The van der Waals surface area contributed by atoms with Crippen LogP contribution in [-0.2, 0) is 0 Å². The Morgan fingerprint density at radius 2 is 1.60 bits per heavy atom. The molecule has 0 bridgehead atoms. The van der Waals surface area contributed by atoms with Crippen LogP contribution in [0.2, 0.25) is 18.1 Å². The fourth-order valence-electron chi connectivity index (χ4n) is 2.23. The monoisotopic (exact) mass is 360 g/mol.